The average Bonchev–Trinajstić information content (AvgIpc) is 4.20. The maximum Gasteiger partial charge on any atom is 1.00 e. The van der Waals surface area contributed by atoms with Gasteiger partial charge in [0.2, 0.25) is 5.78 Å². The van der Waals surface area contributed by atoms with E-state index in [1.807, 2.05) is 24.8 Å². The van der Waals surface area contributed by atoms with E-state index in [1.54, 1.807) is 60.6 Å². The van der Waals surface area contributed by atoms with Gasteiger partial charge < -0.3 is 6.85 Å². The summed E-state index contributed by atoms with van der Waals surface area (Å²) in [4.78, 5) is 37.4. The van der Waals surface area contributed by atoms with E-state index in [1.165, 1.54) is 90.6 Å². The van der Waals surface area contributed by atoms with Crippen LogP contribution in [0.1, 0.15) is 73.3 Å². The fourth-order valence-electron chi connectivity index (χ4n) is 5.89. The molecule has 0 bridgehead atoms. The first-order chi connectivity index (χ1) is 30.8. The summed E-state index contributed by atoms with van der Waals surface area (Å²) in [6.07, 6.45) is 17.9. The molecular formula is C45H48ClF2N12NaOS3. The van der Waals surface area contributed by atoms with Crippen LogP contribution in [0.15, 0.2) is 130 Å². The zero-order chi connectivity index (χ0) is 44.1. The van der Waals surface area contributed by atoms with Crippen LogP contribution in [0.3, 0.4) is 0 Å². The number of hydrazone groups is 1. The van der Waals surface area contributed by atoms with Gasteiger partial charge in [-0.05, 0) is 106 Å². The number of rotatable bonds is 12. The smallest absolute Gasteiger partial charge is 1.00 e. The van der Waals surface area contributed by atoms with Crippen molar-refractivity contribution in [1.82, 2.24) is 50.5 Å². The van der Waals surface area contributed by atoms with E-state index in [0.29, 0.717) is 45.4 Å². The van der Waals surface area contributed by atoms with Crippen molar-refractivity contribution >= 4 is 70.1 Å². The summed E-state index contributed by atoms with van der Waals surface area (Å²) in [5.74, 6) is 3.71. The number of nitrogens with one attached hydrogen (secondary N) is 2. The van der Waals surface area contributed by atoms with E-state index in [0.717, 1.165) is 29.4 Å². The molecule has 0 spiro atoms. The zero-order valence-electron chi connectivity index (χ0n) is 37.3. The van der Waals surface area contributed by atoms with Crippen LogP contribution in [0.4, 0.5) is 8.78 Å². The van der Waals surface area contributed by atoms with E-state index < -0.39 is 11.6 Å². The standard InChI is InChI=1S/C15H15FN4S.C15H14N4S.C12H9FN2OS.C3H8N2.ClH.Na.H/c1-21-15-17-9-8-13(18-15)14(20-19-10-6-7-10)11-4-2-3-5-12(11)16;1-20-15-16-9-8-12(17-15)14-11-4-2-3-5-13(11)19(18-14)10-6-7-10;1-17-12-14-7-6-10(15-12)11(16)8-4-2-3-5-9(8)13;4-5-3-1-2-3;;;/h2-5,8-10,19H,6-7H2,1H3;2-5,8-10H,6-7H2,1H3;2-7H,1H3;3,5H,1-2,4H2;1H;;/q;;;;;+1;-1/b20-14-;;;;;;. The molecule has 4 N–H and O–H groups in total. The Morgan fingerprint density at radius 3 is 1.77 bits per heavy atom. The van der Waals surface area contributed by atoms with Gasteiger partial charge in [-0.2, -0.15) is 10.2 Å². The molecule has 3 aliphatic carbocycles. The van der Waals surface area contributed by atoms with Gasteiger partial charge in [-0.1, -0.05) is 77.8 Å². The number of para-hydroxylation sites is 1. The second-order valence-corrected chi connectivity index (χ2v) is 16.7. The third-order valence-corrected chi connectivity index (χ3v) is 11.4. The maximum absolute atomic E-state index is 14.1. The van der Waals surface area contributed by atoms with Crippen molar-refractivity contribution in [2.24, 2.45) is 10.9 Å². The number of halogens is 3. The summed E-state index contributed by atoms with van der Waals surface area (Å²) in [5.41, 5.74) is 10.6. The van der Waals surface area contributed by atoms with Crippen LogP contribution >= 0.6 is 47.7 Å². The van der Waals surface area contributed by atoms with Crippen LogP contribution in [0.2, 0.25) is 0 Å². The quantitative estimate of drug-likeness (QED) is 0.0243. The van der Waals surface area contributed by atoms with E-state index in [9.17, 15) is 13.6 Å². The van der Waals surface area contributed by atoms with Crippen molar-refractivity contribution in [3.05, 3.63) is 144 Å². The Hall–Kier alpha value is -4.37. The van der Waals surface area contributed by atoms with Gasteiger partial charge >= 0.3 is 29.6 Å². The molecule has 13 nitrogen and oxygen atoms in total. The molecule has 3 aliphatic rings. The Morgan fingerprint density at radius 2 is 1.22 bits per heavy atom. The molecule has 0 unspecified atom stereocenters. The Labute approximate surface area is 419 Å². The van der Waals surface area contributed by atoms with Crippen LogP contribution in [0.25, 0.3) is 22.3 Å². The van der Waals surface area contributed by atoms with Crippen LogP contribution < -0.4 is 46.3 Å². The molecule has 3 fully saturated rings. The molecule has 7 aromatic rings. The predicted octanol–water partition coefficient (Wildman–Crippen LogP) is 6.11. The molecular weight excluding hydrogens is 917 g/mol. The summed E-state index contributed by atoms with van der Waals surface area (Å²) in [5, 5.41) is 12.3. The molecule has 334 valence electrons. The average molecular weight is 966 g/mol. The molecule has 3 saturated carbocycles. The number of carbonyl (C=O) groups is 1. The van der Waals surface area contributed by atoms with E-state index in [4.69, 9.17) is 10.9 Å². The number of hydrazine groups is 1. The van der Waals surface area contributed by atoms with Gasteiger partial charge in [-0.25, -0.2) is 38.7 Å². The van der Waals surface area contributed by atoms with Crippen LogP contribution in [-0.2, 0) is 0 Å². The van der Waals surface area contributed by atoms with E-state index in [2.05, 4.69) is 74.8 Å². The Bertz CT molecular complexity index is 2700. The van der Waals surface area contributed by atoms with Crippen molar-refractivity contribution in [2.75, 3.05) is 18.8 Å². The molecule has 0 aliphatic heterocycles. The number of fused-ring (bicyclic) bond motifs is 1. The summed E-state index contributed by atoms with van der Waals surface area (Å²) in [6.45, 7) is 0. The third kappa shape index (κ3) is 14.6. The van der Waals surface area contributed by atoms with Gasteiger partial charge in [0.1, 0.15) is 28.7 Å². The monoisotopic (exact) mass is 964 g/mol. The van der Waals surface area contributed by atoms with Gasteiger partial charge in [-0.15, -0.1) is 12.4 Å². The number of aromatic nitrogens is 8. The maximum atomic E-state index is 14.1. The van der Waals surface area contributed by atoms with E-state index in [-0.39, 0.29) is 60.5 Å². The zero-order valence-corrected chi connectivity index (χ0v) is 41.5. The first-order valence-electron chi connectivity index (χ1n) is 20.2. The van der Waals surface area contributed by atoms with Crippen LogP contribution in [0, 0.1) is 11.6 Å². The van der Waals surface area contributed by atoms with Crippen molar-refractivity contribution in [1.29, 1.82) is 0 Å². The minimum Gasteiger partial charge on any atom is -1.00 e. The molecule has 20 heteroatoms. The fraction of sp³-hybridized carbons (Fsp3) is 0.267. The van der Waals surface area contributed by atoms with E-state index >= 15 is 0 Å². The Balaban J connectivity index is 0.000000202. The number of carbonyl (C=O) groups excluding carboxylic acids is 1. The number of benzene rings is 3. The third-order valence-electron chi connectivity index (χ3n) is 9.67. The first kappa shape index (κ1) is 51.6. The summed E-state index contributed by atoms with van der Waals surface area (Å²) in [6, 6.07) is 27.6. The summed E-state index contributed by atoms with van der Waals surface area (Å²) < 4.78 is 29.7. The van der Waals surface area contributed by atoms with Gasteiger partial charge in [0, 0.05) is 41.6 Å². The number of nitrogens with zero attached hydrogens (tertiary/aromatic N) is 9. The van der Waals surface area contributed by atoms with Crippen molar-refractivity contribution in [3.8, 4) is 11.4 Å². The Morgan fingerprint density at radius 1 is 0.692 bits per heavy atom. The van der Waals surface area contributed by atoms with Crippen molar-refractivity contribution < 1.29 is 44.6 Å². The number of nitrogens with two attached hydrogens (primary N) is 1. The molecule has 4 heterocycles. The molecule has 0 atom stereocenters. The number of hydrogen-bond donors (Lipinski definition) is 3. The minimum atomic E-state index is -0.540. The molecule has 0 saturated heterocycles. The molecule has 0 amide bonds. The Kier molecular flexibility index (Phi) is 20.3. The summed E-state index contributed by atoms with van der Waals surface area (Å²) in [7, 11) is 0. The summed E-state index contributed by atoms with van der Waals surface area (Å²) >= 11 is 4.33. The van der Waals surface area contributed by atoms with Crippen LogP contribution in [-0.4, -0.2) is 82.0 Å². The first-order valence-corrected chi connectivity index (χ1v) is 23.9. The van der Waals surface area contributed by atoms with Gasteiger partial charge in [-0.3, -0.25) is 20.7 Å². The molecule has 3 aromatic carbocycles. The van der Waals surface area contributed by atoms with Gasteiger partial charge in [0.15, 0.2) is 15.5 Å². The SMILES string of the molecule is CSc1nccc(-c2nn(C3CC3)c3ccccc23)n1.CSc1nccc(/C(=N\NC2CC2)c2ccccc2F)n1.CSc1nccc(C(=O)c2ccccc2F)n1.Cl.NNC1CC1.[H-].[Na+]. The number of hydrogen-bond acceptors (Lipinski definition) is 15. The second kappa shape index (κ2) is 25.5. The normalized spacial score (nSPS) is 13.9. The minimum absolute atomic E-state index is 0. The number of ketones is 1. The molecule has 65 heavy (non-hydrogen) atoms. The van der Waals surface area contributed by atoms with Crippen molar-refractivity contribution in [3.63, 3.8) is 0 Å². The van der Waals surface area contributed by atoms with Gasteiger partial charge in [0.05, 0.1) is 28.5 Å². The fourth-order valence-corrected chi connectivity index (χ4v) is 6.96. The molecule has 4 aromatic heterocycles. The second-order valence-electron chi connectivity index (χ2n) is 14.4. The van der Waals surface area contributed by atoms with Crippen LogP contribution in [0.5, 0.6) is 0 Å². The number of thioether (sulfide) groups is 3. The predicted molar refractivity (Wildman–Crippen MR) is 255 cm³/mol. The molecule has 10 rings (SSSR count). The topological polar surface area (TPSA) is 175 Å². The largest absolute Gasteiger partial charge is 1.00 e. The van der Waals surface area contributed by atoms with Crippen molar-refractivity contribution in [2.45, 2.75) is 72.1 Å². The molecule has 0 radical (unpaired) electrons. The van der Waals surface area contributed by atoms with Gasteiger partial charge in [0.25, 0.3) is 0 Å².